The topological polar surface area (TPSA) is 54.7 Å². The molecule has 0 radical (unpaired) electrons. The summed E-state index contributed by atoms with van der Waals surface area (Å²) in [6.07, 6.45) is 21.3. The minimum atomic E-state index is 0.861. The molecule has 0 saturated carbocycles. The number of rotatable bonds is 14. The zero-order chi connectivity index (χ0) is 14.3. The summed E-state index contributed by atoms with van der Waals surface area (Å²) in [5.74, 6) is 0. The highest BCUT2D eigenvalue weighted by atomic mass is 14.9. The fourth-order valence-electron chi connectivity index (χ4n) is 2.65. The van der Waals surface area contributed by atoms with Gasteiger partial charge in [-0.05, 0) is 25.8 Å². The van der Waals surface area contributed by atoms with E-state index in [2.05, 4.69) is 9.97 Å². The molecule has 0 spiro atoms. The van der Waals surface area contributed by atoms with Crippen molar-refractivity contribution >= 4 is 0 Å². The smallest absolute Gasteiger partial charge is 0.0921 e. The second-order valence-corrected chi connectivity index (χ2v) is 5.86. The highest BCUT2D eigenvalue weighted by molar-refractivity contribution is 4.93. The normalized spacial score (nSPS) is 11.1. The highest BCUT2D eigenvalue weighted by Gasteiger charge is 1.95. The molecule has 0 saturated heterocycles. The van der Waals surface area contributed by atoms with Gasteiger partial charge in [0.25, 0.3) is 0 Å². The fourth-order valence-corrected chi connectivity index (χ4v) is 2.65. The van der Waals surface area contributed by atoms with Crippen LogP contribution in [0.2, 0.25) is 0 Å². The maximum Gasteiger partial charge on any atom is 0.0921 e. The summed E-state index contributed by atoms with van der Waals surface area (Å²) in [5, 5.41) is 0. The fraction of sp³-hybridized carbons (Fsp3) is 0.824. The lowest BCUT2D eigenvalue weighted by Crippen LogP contribution is -1.97. The predicted octanol–water partition coefficient (Wildman–Crippen LogP) is 4.59. The first-order valence-corrected chi connectivity index (χ1v) is 8.61. The SMILES string of the molecule is NCCCCCCCCCCCCCCc1cnc[nH]1. The van der Waals surface area contributed by atoms with Gasteiger partial charge in [-0.15, -0.1) is 0 Å². The number of nitrogens with two attached hydrogens (primary N) is 1. The maximum atomic E-state index is 5.48. The van der Waals surface area contributed by atoms with Gasteiger partial charge < -0.3 is 10.7 Å². The van der Waals surface area contributed by atoms with Crippen LogP contribution >= 0.6 is 0 Å². The van der Waals surface area contributed by atoms with Gasteiger partial charge >= 0.3 is 0 Å². The number of aromatic amines is 1. The lowest BCUT2D eigenvalue weighted by molar-refractivity contribution is 0.541. The monoisotopic (exact) mass is 279 g/mol. The summed E-state index contributed by atoms with van der Waals surface area (Å²) in [5.41, 5.74) is 6.76. The molecule has 0 amide bonds. The standard InChI is InChI=1S/C17H33N3/c18-14-12-10-8-6-4-2-1-3-5-7-9-11-13-17-15-19-16-20-17/h15-16H,1-14,18H2,(H,19,20). The Bertz CT molecular complexity index is 282. The molecule has 3 nitrogen and oxygen atoms in total. The van der Waals surface area contributed by atoms with E-state index in [1.807, 2.05) is 6.20 Å². The van der Waals surface area contributed by atoms with Crippen LogP contribution in [0.5, 0.6) is 0 Å². The average molecular weight is 279 g/mol. The Labute approximate surface area is 124 Å². The predicted molar refractivity (Wildman–Crippen MR) is 86.8 cm³/mol. The first kappa shape index (κ1) is 17.2. The second kappa shape index (κ2) is 13.2. The quantitative estimate of drug-likeness (QED) is 0.489. The van der Waals surface area contributed by atoms with Gasteiger partial charge in [0.15, 0.2) is 0 Å². The third-order valence-corrected chi connectivity index (χ3v) is 3.96. The molecule has 116 valence electrons. The third-order valence-electron chi connectivity index (χ3n) is 3.96. The van der Waals surface area contributed by atoms with Crippen LogP contribution < -0.4 is 5.73 Å². The van der Waals surface area contributed by atoms with E-state index in [9.17, 15) is 0 Å². The number of aromatic nitrogens is 2. The number of hydrogen-bond acceptors (Lipinski definition) is 2. The minimum Gasteiger partial charge on any atom is -0.348 e. The van der Waals surface area contributed by atoms with Crippen molar-refractivity contribution < 1.29 is 0 Å². The summed E-state index contributed by atoms with van der Waals surface area (Å²) in [7, 11) is 0. The molecule has 1 aromatic heterocycles. The van der Waals surface area contributed by atoms with Crippen molar-refractivity contribution in [3.8, 4) is 0 Å². The molecule has 0 aliphatic heterocycles. The summed E-state index contributed by atoms with van der Waals surface area (Å²) < 4.78 is 0. The van der Waals surface area contributed by atoms with E-state index in [1.165, 1.54) is 82.7 Å². The molecule has 20 heavy (non-hydrogen) atoms. The highest BCUT2D eigenvalue weighted by Crippen LogP contribution is 2.12. The van der Waals surface area contributed by atoms with Crippen molar-refractivity contribution in [2.24, 2.45) is 5.73 Å². The van der Waals surface area contributed by atoms with Crippen LogP contribution in [-0.2, 0) is 6.42 Å². The van der Waals surface area contributed by atoms with E-state index in [4.69, 9.17) is 5.73 Å². The van der Waals surface area contributed by atoms with Gasteiger partial charge in [0, 0.05) is 11.9 Å². The van der Waals surface area contributed by atoms with Crippen molar-refractivity contribution in [2.75, 3.05) is 6.54 Å². The Hall–Kier alpha value is -0.830. The first-order valence-electron chi connectivity index (χ1n) is 8.61. The number of H-pyrrole nitrogens is 1. The van der Waals surface area contributed by atoms with Crippen LogP contribution in [0.4, 0.5) is 0 Å². The van der Waals surface area contributed by atoms with E-state index < -0.39 is 0 Å². The zero-order valence-corrected chi connectivity index (χ0v) is 13.1. The van der Waals surface area contributed by atoms with Gasteiger partial charge in [-0.25, -0.2) is 4.98 Å². The van der Waals surface area contributed by atoms with Gasteiger partial charge in [-0.3, -0.25) is 0 Å². The minimum absolute atomic E-state index is 0.861. The Morgan fingerprint density at radius 1 is 0.750 bits per heavy atom. The maximum absolute atomic E-state index is 5.48. The molecule has 0 atom stereocenters. The van der Waals surface area contributed by atoms with Crippen LogP contribution in [0.25, 0.3) is 0 Å². The molecular weight excluding hydrogens is 246 g/mol. The molecule has 1 heterocycles. The second-order valence-electron chi connectivity index (χ2n) is 5.86. The van der Waals surface area contributed by atoms with E-state index >= 15 is 0 Å². The molecule has 3 N–H and O–H groups in total. The first-order chi connectivity index (χ1) is 9.93. The zero-order valence-electron chi connectivity index (χ0n) is 13.1. The summed E-state index contributed by atoms with van der Waals surface area (Å²) in [6, 6.07) is 0. The lowest BCUT2D eigenvalue weighted by atomic mass is 10.0. The van der Waals surface area contributed by atoms with E-state index in [0.717, 1.165) is 13.0 Å². The summed E-state index contributed by atoms with van der Waals surface area (Å²) >= 11 is 0. The number of unbranched alkanes of at least 4 members (excludes halogenated alkanes) is 11. The molecule has 3 heteroatoms. The molecule has 0 aromatic carbocycles. The van der Waals surface area contributed by atoms with Gasteiger partial charge in [0.05, 0.1) is 6.33 Å². The van der Waals surface area contributed by atoms with Crippen molar-refractivity contribution in [1.82, 2.24) is 9.97 Å². The van der Waals surface area contributed by atoms with E-state index in [-0.39, 0.29) is 0 Å². The number of aryl methyl sites for hydroxylation is 1. The largest absolute Gasteiger partial charge is 0.348 e. The lowest BCUT2D eigenvalue weighted by Gasteiger charge is -2.02. The van der Waals surface area contributed by atoms with Crippen LogP contribution in [0.1, 0.15) is 82.7 Å². The van der Waals surface area contributed by atoms with Crippen molar-refractivity contribution in [2.45, 2.75) is 83.5 Å². The average Bonchev–Trinajstić information content (AvgIpc) is 2.97. The molecule has 0 aliphatic carbocycles. The number of nitrogens with zero attached hydrogens (tertiary/aromatic N) is 1. The Kier molecular flexibility index (Phi) is 11.3. The molecule has 1 aromatic rings. The van der Waals surface area contributed by atoms with Gasteiger partial charge in [-0.2, -0.15) is 0 Å². The van der Waals surface area contributed by atoms with Crippen LogP contribution in [0, 0.1) is 0 Å². The van der Waals surface area contributed by atoms with Crippen molar-refractivity contribution in [3.63, 3.8) is 0 Å². The van der Waals surface area contributed by atoms with E-state index in [0.29, 0.717) is 0 Å². The molecular formula is C17H33N3. The number of nitrogens with one attached hydrogen (secondary N) is 1. The van der Waals surface area contributed by atoms with Crippen LogP contribution in [-0.4, -0.2) is 16.5 Å². The van der Waals surface area contributed by atoms with Crippen LogP contribution in [0.15, 0.2) is 12.5 Å². The molecule has 1 rings (SSSR count). The van der Waals surface area contributed by atoms with Crippen molar-refractivity contribution in [3.05, 3.63) is 18.2 Å². The van der Waals surface area contributed by atoms with Crippen LogP contribution in [0.3, 0.4) is 0 Å². The Balaban J connectivity index is 1.70. The summed E-state index contributed by atoms with van der Waals surface area (Å²) in [6.45, 7) is 0.861. The van der Waals surface area contributed by atoms with E-state index in [1.54, 1.807) is 6.33 Å². The summed E-state index contributed by atoms with van der Waals surface area (Å²) in [4.78, 5) is 7.20. The van der Waals surface area contributed by atoms with Gasteiger partial charge in [-0.1, -0.05) is 64.2 Å². The van der Waals surface area contributed by atoms with Gasteiger partial charge in [0.1, 0.15) is 0 Å². The third kappa shape index (κ3) is 10.0. The molecule has 0 fully saturated rings. The Morgan fingerprint density at radius 3 is 1.70 bits per heavy atom. The molecule has 0 aliphatic rings. The number of imidazole rings is 1. The molecule has 0 bridgehead atoms. The Morgan fingerprint density at radius 2 is 1.25 bits per heavy atom. The number of hydrogen-bond donors (Lipinski definition) is 2. The van der Waals surface area contributed by atoms with Gasteiger partial charge in [0.2, 0.25) is 0 Å². The van der Waals surface area contributed by atoms with Crippen molar-refractivity contribution in [1.29, 1.82) is 0 Å². The molecule has 0 unspecified atom stereocenters.